The summed E-state index contributed by atoms with van der Waals surface area (Å²) in [4.78, 5) is 24.1. The molecule has 0 bridgehead atoms. The molecule has 5 nitrogen and oxygen atoms in total. The number of nitrogens with one attached hydrogen (secondary N) is 1. The van der Waals surface area contributed by atoms with E-state index < -0.39 is 6.10 Å². The summed E-state index contributed by atoms with van der Waals surface area (Å²) in [5.74, 6) is -0.488. The first kappa shape index (κ1) is 16.1. The molecule has 0 spiro atoms. The lowest BCUT2D eigenvalue weighted by molar-refractivity contribution is -0.147. The molecule has 5 heteroatoms. The van der Waals surface area contributed by atoms with Crippen molar-refractivity contribution < 1.29 is 18.7 Å². The first-order valence-corrected chi connectivity index (χ1v) is 8.43. The van der Waals surface area contributed by atoms with Crippen molar-refractivity contribution in [3.63, 3.8) is 0 Å². The van der Waals surface area contributed by atoms with Gasteiger partial charge < -0.3 is 14.5 Å². The average molecular weight is 347 g/mol. The van der Waals surface area contributed by atoms with Gasteiger partial charge in [-0.15, -0.1) is 0 Å². The van der Waals surface area contributed by atoms with E-state index >= 15 is 0 Å². The number of furan rings is 1. The van der Waals surface area contributed by atoms with Crippen molar-refractivity contribution in [3.05, 3.63) is 83.8 Å². The molecule has 1 aromatic heterocycles. The number of amides is 1. The van der Waals surface area contributed by atoms with E-state index in [4.69, 9.17) is 9.15 Å². The molecule has 4 rings (SSSR count). The molecule has 1 amide bonds. The van der Waals surface area contributed by atoms with E-state index in [1.807, 2.05) is 48.5 Å². The molecular formula is C21H17NO4. The lowest BCUT2D eigenvalue weighted by Gasteiger charge is -2.15. The van der Waals surface area contributed by atoms with E-state index in [0.29, 0.717) is 0 Å². The van der Waals surface area contributed by atoms with Gasteiger partial charge >= 0.3 is 5.97 Å². The quantitative estimate of drug-likeness (QED) is 0.714. The molecular weight excluding hydrogens is 330 g/mol. The summed E-state index contributed by atoms with van der Waals surface area (Å²) >= 11 is 0. The molecule has 0 aliphatic heterocycles. The molecule has 0 saturated carbocycles. The van der Waals surface area contributed by atoms with Gasteiger partial charge in [0.2, 0.25) is 0 Å². The van der Waals surface area contributed by atoms with E-state index in [1.165, 1.54) is 6.26 Å². The van der Waals surface area contributed by atoms with Crippen molar-refractivity contribution >= 4 is 11.9 Å². The number of fused-ring (bicyclic) bond motifs is 3. The van der Waals surface area contributed by atoms with Crippen LogP contribution in [0.15, 0.2) is 71.3 Å². The molecule has 2 aromatic carbocycles. The molecule has 1 heterocycles. The first-order chi connectivity index (χ1) is 12.7. The SMILES string of the molecule is O=C(CCNC(=O)c1ccco1)OC1c2ccccc2-c2ccccc21. The number of esters is 1. The van der Waals surface area contributed by atoms with Crippen LogP contribution in [0.1, 0.15) is 34.2 Å². The van der Waals surface area contributed by atoms with E-state index in [2.05, 4.69) is 5.32 Å². The normalized spacial score (nSPS) is 12.3. The maximum absolute atomic E-state index is 12.3. The Morgan fingerprint density at radius 3 is 2.19 bits per heavy atom. The van der Waals surface area contributed by atoms with Crippen LogP contribution in [0.2, 0.25) is 0 Å². The summed E-state index contributed by atoms with van der Waals surface area (Å²) in [5, 5.41) is 2.65. The average Bonchev–Trinajstić information content (AvgIpc) is 3.30. The number of hydrogen-bond acceptors (Lipinski definition) is 4. The van der Waals surface area contributed by atoms with E-state index in [9.17, 15) is 9.59 Å². The van der Waals surface area contributed by atoms with Crippen molar-refractivity contribution in [1.29, 1.82) is 0 Å². The van der Waals surface area contributed by atoms with E-state index in [-0.39, 0.29) is 30.6 Å². The minimum absolute atomic E-state index is 0.0906. The highest BCUT2D eigenvalue weighted by molar-refractivity contribution is 5.91. The van der Waals surface area contributed by atoms with Crippen LogP contribution in [0, 0.1) is 0 Å². The second kappa shape index (κ2) is 6.88. The molecule has 0 atom stereocenters. The van der Waals surface area contributed by atoms with Gasteiger partial charge in [-0.25, -0.2) is 0 Å². The van der Waals surface area contributed by atoms with Crippen LogP contribution in [0.25, 0.3) is 11.1 Å². The van der Waals surface area contributed by atoms with Crippen LogP contribution in [-0.4, -0.2) is 18.4 Å². The van der Waals surface area contributed by atoms with Crippen molar-refractivity contribution in [2.75, 3.05) is 6.54 Å². The van der Waals surface area contributed by atoms with Crippen LogP contribution < -0.4 is 5.32 Å². The Morgan fingerprint density at radius 2 is 1.58 bits per heavy atom. The zero-order valence-corrected chi connectivity index (χ0v) is 14.0. The summed E-state index contributed by atoms with van der Waals surface area (Å²) in [5.41, 5.74) is 4.15. The third kappa shape index (κ3) is 2.99. The molecule has 3 aromatic rings. The molecule has 1 N–H and O–H groups in total. The largest absolute Gasteiger partial charge is 0.459 e. The molecule has 130 valence electrons. The Labute approximate surface area is 150 Å². The van der Waals surface area contributed by atoms with Gasteiger partial charge in [0.15, 0.2) is 11.9 Å². The second-order valence-electron chi connectivity index (χ2n) is 6.03. The van der Waals surface area contributed by atoms with Gasteiger partial charge in [0.05, 0.1) is 12.7 Å². The number of hydrogen-bond donors (Lipinski definition) is 1. The van der Waals surface area contributed by atoms with Gasteiger partial charge in [-0.2, -0.15) is 0 Å². The summed E-state index contributed by atoms with van der Waals surface area (Å²) in [6, 6.07) is 19.1. The predicted octanol–water partition coefficient (Wildman–Crippen LogP) is 3.71. The molecule has 0 fully saturated rings. The Morgan fingerprint density at radius 1 is 0.923 bits per heavy atom. The molecule has 0 radical (unpaired) electrons. The van der Waals surface area contributed by atoms with Gasteiger partial charge in [-0.1, -0.05) is 48.5 Å². The number of carbonyl (C=O) groups is 2. The smallest absolute Gasteiger partial charge is 0.308 e. The number of carbonyl (C=O) groups excluding carboxylic acids is 2. The number of rotatable bonds is 5. The zero-order valence-electron chi connectivity index (χ0n) is 14.0. The van der Waals surface area contributed by atoms with Crippen LogP contribution in [0.4, 0.5) is 0 Å². The van der Waals surface area contributed by atoms with Crippen LogP contribution in [-0.2, 0) is 9.53 Å². The molecule has 26 heavy (non-hydrogen) atoms. The summed E-state index contributed by atoms with van der Waals surface area (Å²) in [7, 11) is 0. The predicted molar refractivity (Wildman–Crippen MR) is 95.5 cm³/mol. The third-order valence-corrected chi connectivity index (χ3v) is 4.39. The maximum Gasteiger partial charge on any atom is 0.308 e. The summed E-state index contributed by atoms with van der Waals surface area (Å²) in [6.45, 7) is 0.189. The Kier molecular flexibility index (Phi) is 4.27. The van der Waals surface area contributed by atoms with Crippen molar-refractivity contribution in [2.45, 2.75) is 12.5 Å². The molecule has 1 aliphatic carbocycles. The zero-order chi connectivity index (χ0) is 17.9. The van der Waals surface area contributed by atoms with Crippen LogP contribution >= 0.6 is 0 Å². The lowest BCUT2D eigenvalue weighted by Crippen LogP contribution is -2.26. The van der Waals surface area contributed by atoms with Gasteiger partial charge in [0, 0.05) is 17.7 Å². The topological polar surface area (TPSA) is 68.5 Å². The Balaban J connectivity index is 1.41. The van der Waals surface area contributed by atoms with Gasteiger partial charge in [0.25, 0.3) is 5.91 Å². The molecule has 1 aliphatic rings. The van der Waals surface area contributed by atoms with E-state index in [1.54, 1.807) is 12.1 Å². The monoisotopic (exact) mass is 347 g/mol. The summed E-state index contributed by atoms with van der Waals surface area (Å²) < 4.78 is 10.7. The lowest BCUT2D eigenvalue weighted by atomic mass is 10.1. The van der Waals surface area contributed by atoms with Gasteiger partial charge in [0.1, 0.15) is 0 Å². The van der Waals surface area contributed by atoms with Crippen LogP contribution in [0.3, 0.4) is 0 Å². The van der Waals surface area contributed by atoms with E-state index in [0.717, 1.165) is 22.3 Å². The van der Waals surface area contributed by atoms with Gasteiger partial charge in [-0.05, 0) is 23.3 Å². The second-order valence-corrected chi connectivity index (χ2v) is 6.03. The first-order valence-electron chi connectivity index (χ1n) is 8.43. The number of benzene rings is 2. The number of ether oxygens (including phenoxy) is 1. The fourth-order valence-corrected chi connectivity index (χ4v) is 3.20. The van der Waals surface area contributed by atoms with Crippen molar-refractivity contribution in [2.24, 2.45) is 0 Å². The Hall–Kier alpha value is -3.34. The highest BCUT2D eigenvalue weighted by Gasteiger charge is 2.30. The highest BCUT2D eigenvalue weighted by atomic mass is 16.5. The highest BCUT2D eigenvalue weighted by Crippen LogP contribution is 2.45. The fraction of sp³-hybridized carbons (Fsp3) is 0.143. The molecule has 0 saturated heterocycles. The van der Waals surface area contributed by atoms with Gasteiger partial charge in [-0.3, -0.25) is 9.59 Å². The molecule has 0 unspecified atom stereocenters. The minimum atomic E-state index is -0.407. The third-order valence-electron chi connectivity index (χ3n) is 4.39. The minimum Gasteiger partial charge on any atom is -0.459 e. The Bertz CT molecular complexity index is 901. The van der Waals surface area contributed by atoms with Crippen molar-refractivity contribution in [3.8, 4) is 11.1 Å². The fourth-order valence-electron chi connectivity index (χ4n) is 3.20. The standard InChI is InChI=1S/C21H17NO4/c23-19(11-12-22-21(24)18-10-5-13-25-18)26-20-16-8-3-1-6-14(16)15-7-2-4-9-17(15)20/h1-10,13,20H,11-12H2,(H,22,24). The van der Waals surface area contributed by atoms with Crippen molar-refractivity contribution in [1.82, 2.24) is 5.32 Å². The maximum atomic E-state index is 12.3. The van der Waals surface area contributed by atoms with Crippen LogP contribution in [0.5, 0.6) is 0 Å². The summed E-state index contributed by atoms with van der Waals surface area (Å²) in [6.07, 6.45) is 1.11.